The number of nitrogens with one attached hydrogen (secondary N) is 1. The maximum atomic E-state index is 3.28. The van der Waals surface area contributed by atoms with Crippen molar-refractivity contribution in [1.29, 1.82) is 0 Å². The van der Waals surface area contributed by atoms with Gasteiger partial charge in [-0.25, -0.2) is 0 Å². The lowest BCUT2D eigenvalue weighted by atomic mass is 9.91. The van der Waals surface area contributed by atoms with Gasteiger partial charge in [0, 0.05) is 16.7 Å². The maximum absolute atomic E-state index is 3.28. The lowest BCUT2D eigenvalue weighted by Crippen LogP contribution is -2.15. The van der Waals surface area contributed by atoms with E-state index in [1.807, 2.05) is 7.05 Å². The Morgan fingerprint density at radius 2 is 2.17 bits per heavy atom. The quantitative estimate of drug-likeness (QED) is 0.865. The second-order valence-electron chi connectivity index (χ2n) is 5.65. The minimum atomic E-state index is 0.826. The summed E-state index contributed by atoms with van der Waals surface area (Å²) < 4.78 is 0. The number of thioether (sulfide) groups is 1. The SMILES string of the molecule is CNCc1cc(C)ccc1SC1CCCC(C)C1. The molecule has 1 aliphatic carbocycles. The first-order valence-electron chi connectivity index (χ1n) is 7.10. The zero-order valence-corrected chi connectivity index (χ0v) is 12.6. The monoisotopic (exact) mass is 263 g/mol. The summed E-state index contributed by atoms with van der Waals surface area (Å²) in [6, 6.07) is 6.88. The zero-order valence-electron chi connectivity index (χ0n) is 11.8. The summed E-state index contributed by atoms with van der Waals surface area (Å²) in [5.74, 6) is 0.912. The van der Waals surface area contributed by atoms with Crippen molar-refractivity contribution < 1.29 is 0 Å². The maximum Gasteiger partial charge on any atom is 0.0213 e. The molecule has 0 radical (unpaired) electrons. The van der Waals surface area contributed by atoms with E-state index < -0.39 is 0 Å². The molecule has 0 aromatic heterocycles. The van der Waals surface area contributed by atoms with Crippen molar-refractivity contribution in [3.63, 3.8) is 0 Å². The van der Waals surface area contributed by atoms with E-state index in [4.69, 9.17) is 0 Å². The smallest absolute Gasteiger partial charge is 0.0213 e. The van der Waals surface area contributed by atoms with Crippen LogP contribution in [0.2, 0.25) is 0 Å². The van der Waals surface area contributed by atoms with Crippen LogP contribution in [0.5, 0.6) is 0 Å². The first-order chi connectivity index (χ1) is 8.69. The highest BCUT2D eigenvalue weighted by Crippen LogP contribution is 2.37. The van der Waals surface area contributed by atoms with Crippen LogP contribution in [-0.4, -0.2) is 12.3 Å². The van der Waals surface area contributed by atoms with Crippen molar-refractivity contribution in [1.82, 2.24) is 5.32 Å². The lowest BCUT2D eigenvalue weighted by molar-refractivity contribution is 0.394. The van der Waals surface area contributed by atoms with Crippen LogP contribution in [0.25, 0.3) is 0 Å². The van der Waals surface area contributed by atoms with Gasteiger partial charge in [-0.15, -0.1) is 11.8 Å². The lowest BCUT2D eigenvalue weighted by Gasteiger charge is -2.27. The van der Waals surface area contributed by atoms with Gasteiger partial charge in [-0.1, -0.05) is 37.5 Å². The van der Waals surface area contributed by atoms with Crippen molar-refractivity contribution in [3.05, 3.63) is 29.3 Å². The van der Waals surface area contributed by atoms with Crippen LogP contribution in [0.1, 0.15) is 43.7 Å². The van der Waals surface area contributed by atoms with Gasteiger partial charge in [0.05, 0.1) is 0 Å². The van der Waals surface area contributed by atoms with Gasteiger partial charge in [0.15, 0.2) is 0 Å². The summed E-state index contributed by atoms with van der Waals surface area (Å²) in [7, 11) is 2.03. The molecule has 2 unspecified atom stereocenters. The highest BCUT2D eigenvalue weighted by atomic mass is 32.2. The molecule has 0 amide bonds. The standard InChI is InChI=1S/C16H25NS/c1-12-5-4-6-15(10-12)18-16-8-7-13(2)9-14(16)11-17-3/h7-9,12,15,17H,4-6,10-11H2,1-3H3. The number of benzene rings is 1. The summed E-state index contributed by atoms with van der Waals surface area (Å²) in [6.07, 6.45) is 5.61. The minimum absolute atomic E-state index is 0.826. The Morgan fingerprint density at radius 1 is 1.33 bits per heavy atom. The van der Waals surface area contributed by atoms with Crippen LogP contribution in [0.15, 0.2) is 23.1 Å². The van der Waals surface area contributed by atoms with Crippen LogP contribution >= 0.6 is 11.8 Å². The molecule has 1 N–H and O–H groups in total. The highest BCUT2D eigenvalue weighted by Gasteiger charge is 2.20. The summed E-state index contributed by atoms with van der Waals surface area (Å²) >= 11 is 2.10. The van der Waals surface area contributed by atoms with Crippen LogP contribution in [0.3, 0.4) is 0 Å². The first kappa shape index (κ1) is 14.0. The van der Waals surface area contributed by atoms with E-state index in [9.17, 15) is 0 Å². The summed E-state index contributed by atoms with van der Waals surface area (Å²) in [5, 5.41) is 4.11. The second-order valence-corrected chi connectivity index (χ2v) is 7.00. The van der Waals surface area contributed by atoms with Crippen LogP contribution < -0.4 is 5.32 Å². The predicted molar refractivity (Wildman–Crippen MR) is 81.2 cm³/mol. The molecule has 0 aliphatic heterocycles. The summed E-state index contributed by atoms with van der Waals surface area (Å²) in [6.45, 7) is 5.55. The van der Waals surface area contributed by atoms with Gasteiger partial charge < -0.3 is 5.32 Å². The fraction of sp³-hybridized carbons (Fsp3) is 0.625. The average molecular weight is 263 g/mol. The molecule has 1 aliphatic rings. The largest absolute Gasteiger partial charge is 0.316 e. The van der Waals surface area contributed by atoms with Crippen molar-refractivity contribution in [2.24, 2.45) is 5.92 Å². The molecule has 18 heavy (non-hydrogen) atoms. The van der Waals surface area contributed by atoms with E-state index in [1.54, 1.807) is 0 Å². The van der Waals surface area contributed by atoms with E-state index in [0.29, 0.717) is 0 Å². The second kappa shape index (κ2) is 6.63. The van der Waals surface area contributed by atoms with Gasteiger partial charge in [-0.05, 0) is 44.4 Å². The third kappa shape index (κ3) is 3.76. The molecule has 0 spiro atoms. The molecule has 1 aromatic rings. The third-order valence-electron chi connectivity index (χ3n) is 3.77. The summed E-state index contributed by atoms with van der Waals surface area (Å²) in [4.78, 5) is 1.48. The normalized spacial score (nSPS) is 24.2. The molecule has 0 heterocycles. The minimum Gasteiger partial charge on any atom is -0.316 e. The molecule has 0 bridgehead atoms. The molecule has 2 rings (SSSR count). The Morgan fingerprint density at radius 3 is 2.89 bits per heavy atom. The summed E-state index contributed by atoms with van der Waals surface area (Å²) in [5.41, 5.74) is 2.82. The van der Waals surface area contributed by atoms with Gasteiger partial charge in [0.25, 0.3) is 0 Å². The molecule has 1 saturated carbocycles. The van der Waals surface area contributed by atoms with Gasteiger partial charge in [-0.3, -0.25) is 0 Å². The number of hydrogen-bond donors (Lipinski definition) is 1. The molecule has 1 aromatic carbocycles. The molecule has 0 saturated heterocycles. The topological polar surface area (TPSA) is 12.0 Å². The fourth-order valence-corrected chi connectivity index (χ4v) is 4.31. The van der Waals surface area contributed by atoms with E-state index >= 15 is 0 Å². The molecular weight excluding hydrogens is 238 g/mol. The Hall–Kier alpha value is -0.470. The van der Waals surface area contributed by atoms with E-state index in [0.717, 1.165) is 17.7 Å². The number of aryl methyl sites for hydroxylation is 1. The third-order valence-corrected chi connectivity index (χ3v) is 5.18. The van der Waals surface area contributed by atoms with Gasteiger partial charge in [0.2, 0.25) is 0 Å². The zero-order chi connectivity index (χ0) is 13.0. The van der Waals surface area contributed by atoms with E-state index in [-0.39, 0.29) is 0 Å². The molecule has 2 atom stereocenters. The molecule has 100 valence electrons. The molecule has 1 nitrogen and oxygen atoms in total. The molecule has 2 heteroatoms. The van der Waals surface area contributed by atoms with E-state index in [2.05, 4.69) is 49.1 Å². The Labute approximate surface area is 116 Å². The fourth-order valence-electron chi connectivity index (χ4n) is 2.82. The Balaban J connectivity index is 2.07. The van der Waals surface area contributed by atoms with Crippen LogP contribution in [0, 0.1) is 12.8 Å². The van der Waals surface area contributed by atoms with Crippen molar-refractivity contribution in [2.75, 3.05) is 7.05 Å². The average Bonchev–Trinajstić information content (AvgIpc) is 2.33. The van der Waals surface area contributed by atoms with Crippen LogP contribution in [-0.2, 0) is 6.54 Å². The van der Waals surface area contributed by atoms with Gasteiger partial charge >= 0.3 is 0 Å². The molecule has 1 fully saturated rings. The van der Waals surface area contributed by atoms with Gasteiger partial charge in [-0.2, -0.15) is 0 Å². The number of rotatable bonds is 4. The first-order valence-corrected chi connectivity index (χ1v) is 7.97. The Bertz CT molecular complexity index is 389. The molecular formula is C16H25NS. The Kier molecular flexibility index (Phi) is 5.13. The predicted octanol–water partition coefficient (Wildman–Crippen LogP) is 4.39. The number of hydrogen-bond acceptors (Lipinski definition) is 2. The van der Waals surface area contributed by atoms with Crippen molar-refractivity contribution >= 4 is 11.8 Å². The van der Waals surface area contributed by atoms with Gasteiger partial charge in [0.1, 0.15) is 0 Å². The van der Waals surface area contributed by atoms with Crippen molar-refractivity contribution in [2.45, 2.75) is 56.2 Å². The highest BCUT2D eigenvalue weighted by molar-refractivity contribution is 8.00. The van der Waals surface area contributed by atoms with Crippen LogP contribution in [0.4, 0.5) is 0 Å². The van der Waals surface area contributed by atoms with E-state index in [1.165, 1.54) is 41.7 Å². The van der Waals surface area contributed by atoms with Crippen molar-refractivity contribution in [3.8, 4) is 0 Å².